The summed E-state index contributed by atoms with van der Waals surface area (Å²) in [6, 6.07) is 31.6. The van der Waals surface area contributed by atoms with Crippen molar-refractivity contribution in [2.24, 2.45) is 0 Å². The van der Waals surface area contributed by atoms with E-state index in [0.29, 0.717) is 6.42 Å². The summed E-state index contributed by atoms with van der Waals surface area (Å²) < 4.78 is 2.38. The summed E-state index contributed by atoms with van der Waals surface area (Å²) in [7, 11) is 0. The molecule has 1 heterocycles. The number of rotatable bonds is 10. The van der Waals surface area contributed by atoms with Crippen molar-refractivity contribution in [2.45, 2.75) is 45.6 Å². The Labute approximate surface area is 213 Å². The van der Waals surface area contributed by atoms with E-state index in [9.17, 15) is 4.79 Å². The Morgan fingerprint density at radius 1 is 0.806 bits per heavy atom. The van der Waals surface area contributed by atoms with Gasteiger partial charge < -0.3 is 9.88 Å². The largest absolute Gasteiger partial charge is 0.356 e. The summed E-state index contributed by atoms with van der Waals surface area (Å²) in [5.74, 6) is 1.23. The molecule has 4 heteroatoms. The molecule has 0 aliphatic carbocycles. The van der Waals surface area contributed by atoms with Gasteiger partial charge in [-0.2, -0.15) is 0 Å². The van der Waals surface area contributed by atoms with E-state index in [-0.39, 0.29) is 5.91 Å². The average Bonchev–Trinajstić information content (AvgIpc) is 3.25. The normalized spacial score (nSPS) is 11.2. The Hall–Kier alpha value is -3.92. The van der Waals surface area contributed by atoms with Crippen molar-refractivity contribution in [3.8, 4) is 0 Å². The molecule has 0 bridgehead atoms. The third-order valence-electron chi connectivity index (χ3n) is 6.95. The molecule has 4 aromatic carbocycles. The highest BCUT2D eigenvalue weighted by Gasteiger charge is 2.12. The molecule has 182 valence electrons. The Morgan fingerprint density at radius 3 is 2.47 bits per heavy atom. The second-order valence-corrected chi connectivity index (χ2v) is 9.51. The molecule has 1 amide bonds. The van der Waals surface area contributed by atoms with Crippen LogP contribution in [0.3, 0.4) is 0 Å². The minimum atomic E-state index is 0.0983. The first-order valence-electron chi connectivity index (χ1n) is 12.9. The Kier molecular flexibility index (Phi) is 7.41. The number of nitrogens with zero attached hydrogens (tertiary/aromatic N) is 2. The fraction of sp³-hybridized carbons (Fsp3) is 0.250. The number of imidazole rings is 1. The number of nitrogens with one attached hydrogen (secondary N) is 1. The van der Waals surface area contributed by atoms with Crippen LogP contribution in [0.15, 0.2) is 91.0 Å². The van der Waals surface area contributed by atoms with Gasteiger partial charge >= 0.3 is 0 Å². The van der Waals surface area contributed by atoms with Crippen LogP contribution in [0.1, 0.15) is 41.8 Å². The number of aromatic nitrogens is 2. The third-order valence-corrected chi connectivity index (χ3v) is 6.95. The first-order valence-corrected chi connectivity index (χ1v) is 12.9. The minimum Gasteiger partial charge on any atom is -0.356 e. The molecule has 0 atom stereocenters. The van der Waals surface area contributed by atoms with Gasteiger partial charge in [0.05, 0.1) is 17.5 Å². The van der Waals surface area contributed by atoms with Crippen LogP contribution < -0.4 is 5.32 Å². The van der Waals surface area contributed by atoms with E-state index >= 15 is 0 Å². The number of fused-ring (bicyclic) bond motifs is 2. The quantitative estimate of drug-likeness (QED) is 0.231. The number of carbonyl (C=O) groups is 1. The lowest BCUT2D eigenvalue weighted by Crippen LogP contribution is -2.26. The van der Waals surface area contributed by atoms with Crippen LogP contribution in [0.2, 0.25) is 0 Å². The first-order chi connectivity index (χ1) is 17.7. The number of carbonyl (C=O) groups excluding carboxylic acids is 1. The van der Waals surface area contributed by atoms with Gasteiger partial charge in [0.25, 0.3) is 0 Å². The maximum atomic E-state index is 12.3. The number of amides is 1. The van der Waals surface area contributed by atoms with E-state index in [1.54, 1.807) is 0 Å². The molecule has 0 radical (unpaired) electrons. The molecular formula is C32H33N3O. The molecule has 1 aromatic heterocycles. The van der Waals surface area contributed by atoms with Gasteiger partial charge in [0.15, 0.2) is 0 Å². The molecular weight excluding hydrogens is 442 g/mol. The van der Waals surface area contributed by atoms with Gasteiger partial charge in [-0.3, -0.25) is 4.79 Å². The van der Waals surface area contributed by atoms with Gasteiger partial charge in [-0.15, -0.1) is 0 Å². The molecule has 0 aliphatic heterocycles. The molecule has 0 unspecified atom stereocenters. The summed E-state index contributed by atoms with van der Waals surface area (Å²) in [6.45, 7) is 3.58. The predicted molar refractivity (Wildman–Crippen MR) is 148 cm³/mol. The van der Waals surface area contributed by atoms with E-state index < -0.39 is 0 Å². The van der Waals surface area contributed by atoms with E-state index in [4.69, 9.17) is 4.98 Å². The smallest absolute Gasteiger partial charge is 0.224 e. The van der Waals surface area contributed by atoms with Gasteiger partial charge in [0.1, 0.15) is 5.82 Å². The van der Waals surface area contributed by atoms with Crippen molar-refractivity contribution in [3.63, 3.8) is 0 Å². The molecule has 0 aliphatic rings. The third kappa shape index (κ3) is 5.49. The highest BCUT2D eigenvalue weighted by atomic mass is 16.1. The van der Waals surface area contributed by atoms with Crippen LogP contribution >= 0.6 is 0 Å². The molecule has 0 fully saturated rings. The van der Waals surface area contributed by atoms with Crippen LogP contribution in [0, 0.1) is 6.92 Å². The second kappa shape index (κ2) is 11.2. The monoisotopic (exact) mass is 475 g/mol. The highest BCUT2D eigenvalue weighted by Crippen LogP contribution is 2.24. The second-order valence-electron chi connectivity index (χ2n) is 9.51. The van der Waals surface area contributed by atoms with Crippen molar-refractivity contribution in [3.05, 3.63) is 114 Å². The van der Waals surface area contributed by atoms with E-state index in [0.717, 1.165) is 55.7 Å². The van der Waals surface area contributed by atoms with Crippen molar-refractivity contribution < 1.29 is 4.79 Å². The fourth-order valence-electron chi connectivity index (χ4n) is 4.95. The zero-order valence-electron chi connectivity index (χ0n) is 20.9. The van der Waals surface area contributed by atoms with Crippen molar-refractivity contribution in [1.82, 2.24) is 14.9 Å². The lowest BCUT2D eigenvalue weighted by atomic mass is 10.0. The maximum Gasteiger partial charge on any atom is 0.224 e. The topological polar surface area (TPSA) is 46.9 Å². The fourth-order valence-corrected chi connectivity index (χ4v) is 4.95. The molecule has 0 saturated heterocycles. The van der Waals surface area contributed by atoms with E-state index in [1.165, 1.54) is 27.4 Å². The number of aryl methyl sites for hydroxylation is 2. The highest BCUT2D eigenvalue weighted by molar-refractivity contribution is 5.86. The van der Waals surface area contributed by atoms with Gasteiger partial charge in [-0.1, -0.05) is 85.3 Å². The van der Waals surface area contributed by atoms with E-state index in [1.807, 2.05) is 18.2 Å². The molecule has 5 aromatic rings. The molecule has 36 heavy (non-hydrogen) atoms. The minimum absolute atomic E-state index is 0.0983. The lowest BCUT2D eigenvalue weighted by molar-refractivity contribution is -0.120. The van der Waals surface area contributed by atoms with Crippen LogP contribution in [0.4, 0.5) is 0 Å². The van der Waals surface area contributed by atoms with Crippen LogP contribution in [-0.2, 0) is 24.2 Å². The maximum absolute atomic E-state index is 12.3. The summed E-state index contributed by atoms with van der Waals surface area (Å²) >= 11 is 0. The van der Waals surface area contributed by atoms with Gasteiger partial charge in [0.2, 0.25) is 5.91 Å². The van der Waals surface area contributed by atoms with E-state index in [2.05, 4.69) is 89.6 Å². The predicted octanol–water partition coefficient (Wildman–Crippen LogP) is 6.62. The molecule has 1 N–H and O–H groups in total. The van der Waals surface area contributed by atoms with Crippen molar-refractivity contribution >= 4 is 27.7 Å². The number of benzene rings is 4. The SMILES string of the molecule is Cc1ccccc1CC(=O)NCCCCCc1nc2ccccc2n1Cc1cccc2ccccc12. The number of para-hydroxylation sites is 2. The van der Waals surface area contributed by atoms with Crippen LogP contribution in [0.25, 0.3) is 21.8 Å². The Bertz CT molecular complexity index is 1480. The van der Waals surface area contributed by atoms with Crippen LogP contribution in [-0.4, -0.2) is 22.0 Å². The summed E-state index contributed by atoms with van der Waals surface area (Å²) in [4.78, 5) is 17.3. The average molecular weight is 476 g/mol. The number of hydrogen-bond donors (Lipinski definition) is 1. The zero-order chi connectivity index (χ0) is 24.7. The van der Waals surface area contributed by atoms with Crippen molar-refractivity contribution in [1.29, 1.82) is 0 Å². The number of unbranched alkanes of at least 4 members (excludes halogenated alkanes) is 2. The molecule has 4 nitrogen and oxygen atoms in total. The first kappa shape index (κ1) is 23.8. The Morgan fingerprint density at radius 2 is 1.56 bits per heavy atom. The van der Waals surface area contributed by atoms with Gasteiger partial charge in [0, 0.05) is 19.5 Å². The zero-order valence-corrected chi connectivity index (χ0v) is 20.9. The number of hydrogen-bond acceptors (Lipinski definition) is 2. The summed E-state index contributed by atoms with van der Waals surface area (Å²) in [6.07, 6.45) is 4.46. The Balaban J connectivity index is 1.19. The summed E-state index contributed by atoms with van der Waals surface area (Å²) in [5, 5.41) is 5.65. The van der Waals surface area contributed by atoms with Gasteiger partial charge in [-0.25, -0.2) is 4.98 Å². The van der Waals surface area contributed by atoms with Gasteiger partial charge in [-0.05, 0) is 59.4 Å². The molecule has 5 rings (SSSR count). The lowest BCUT2D eigenvalue weighted by Gasteiger charge is -2.12. The van der Waals surface area contributed by atoms with Crippen molar-refractivity contribution in [2.75, 3.05) is 6.54 Å². The summed E-state index contributed by atoms with van der Waals surface area (Å²) in [5.41, 5.74) is 5.81. The molecule has 0 spiro atoms. The molecule has 0 saturated carbocycles. The standard InChI is InChI=1S/C32H33N3O/c1-24-12-4-5-14-26(24)22-32(36)33-21-10-2-3-20-31-34-29-18-8-9-19-30(29)35(31)23-27-16-11-15-25-13-6-7-17-28(25)27/h4-9,11-19H,2-3,10,20-23H2,1H3,(H,33,36). The van der Waals surface area contributed by atoms with Crippen LogP contribution in [0.5, 0.6) is 0 Å².